The number of benzene rings is 2. The first-order valence-electron chi connectivity index (χ1n) is 10.9. The first-order chi connectivity index (χ1) is 16.2. The largest absolute Gasteiger partial charge is 0.449 e. The molecular formula is C25H28N4O4S. The van der Waals surface area contributed by atoms with Crippen molar-refractivity contribution in [3.63, 3.8) is 0 Å². The van der Waals surface area contributed by atoms with Crippen molar-refractivity contribution in [1.29, 1.82) is 0 Å². The number of aromatic nitrogens is 2. The van der Waals surface area contributed by atoms with Gasteiger partial charge < -0.3 is 15.4 Å². The molecule has 3 aromatic rings. The molecule has 0 fully saturated rings. The van der Waals surface area contributed by atoms with E-state index >= 15 is 0 Å². The SMILES string of the molecule is Cc1ccc(NC(=O)CSc2ccccc2C(=O)OC(C)C(=O)Nc2ccnn2C(C)C)cc1. The molecule has 2 aromatic carbocycles. The number of aryl methyl sites for hydroxylation is 1. The summed E-state index contributed by atoms with van der Waals surface area (Å²) in [5.74, 6) is -0.640. The van der Waals surface area contributed by atoms with Gasteiger partial charge in [-0.2, -0.15) is 5.10 Å². The zero-order chi connectivity index (χ0) is 24.7. The third kappa shape index (κ3) is 6.71. The summed E-state index contributed by atoms with van der Waals surface area (Å²) in [5, 5.41) is 9.74. The van der Waals surface area contributed by atoms with E-state index in [2.05, 4.69) is 15.7 Å². The monoisotopic (exact) mass is 480 g/mol. The Morgan fingerprint density at radius 1 is 1.00 bits per heavy atom. The molecule has 0 bridgehead atoms. The number of thioether (sulfide) groups is 1. The maximum Gasteiger partial charge on any atom is 0.340 e. The fourth-order valence-corrected chi connectivity index (χ4v) is 3.91. The van der Waals surface area contributed by atoms with Crippen LogP contribution in [0.2, 0.25) is 0 Å². The Hall–Kier alpha value is -3.59. The first kappa shape index (κ1) is 25.0. The maximum atomic E-state index is 12.8. The smallest absolute Gasteiger partial charge is 0.340 e. The van der Waals surface area contributed by atoms with Gasteiger partial charge in [0.05, 0.1) is 17.5 Å². The Balaban J connectivity index is 1.58. The predicted molar refractivity (Wildman–Crippen MR) is 133 cm³/mol. The van der Waals surface area contributed by atoms with E-state index in [1.807, 2.05) is 45.0 Å². The second-order valence-corrected chi connectivity index (χ2v) is 9.01. The molecule has 0 aliphatic heterocycles. The number of nitrogens with zero attached hydrogens (tertiary/aromatic N) is 2. The summed E-state index contributed by atoms with van der Waals surface area (Å²) in [6.45, 7) is 7.38. The number of esters is 1. The molecule has 3 rings (SSSR count). The Morgan fingerprint density at radius 2 is 1.71 bits per heavy atom. The normalized spacial score (nSPS) is 11.7. The van der Waals surface area contributed by atoms with Crippen LogP contribution >= 0.6 is 11.8 Å². The number of hydrogen-bond donors (Lipinski definition) is 2. The molecule has 9 heteroatoms. The number of amides is 2. The highest BCUT2D eigenvalue weighted by Gasteiger charge is 2.22. The average molecular weight is 481 g/mol. The highest BCUT2D eigenvalue weighted by atomic mass is 32.2. The van der Waals surface area contributed by atoms with Crippen molar-refractivity contribution in [1.82, 2.24) is 9.78 Å². The van der Waals surface area contributed by atoms with Crippen LogP contribution in [0, 0.1) is 6.92 Å². The van der Waals surface area contributed by atoms with Crippen molar-refractivity contribution < 1.29 is 19.1 Å². The highest BCUT2D eigenvalue weighted by Crippen LogP contribution is 2.24. The molecule has 8 nitrogen and oxygen atoms in total. The topological polar surface area (TPSA) is 102 Å². The van der Waals surface area contributed by atoms with Gasteiger partial charge in [-0.25, -0.2) is 9.48 Å². The molecule has 0 aliphatic rings. The molecule has 2 N–H and O–H groups in total. The molecule has 0 saturated carbocycles. The van der Waals surface area contributed by atoms with Crippen molar-refractivity contribution >= 4 is 41.1 Å². The second kappa shape index (κ2) is 11.5. The lowest BCUT2D eigenvalue weighted by molar-refractivity contribution is -0.123. The molecule has 178 valence electrons. The molecule has 34 heavy (non-hydrogen) atoms. The van der Waals surface area contributed by atoms with Crippen LogP contribution in [0.5, 0.6) is 0 Å². The zero-order valence-electron chi connectivity index (χ0n) is 19.6. The Bertz CT molecular complexity index is 1160. The van der Waals surface area contributed by atoms with E-state index in [4.69, 9.17) is 4.74 Å². The molecule has 0 saturated heterocycles. The summed E-state index contributed by atoms with van der Waals surface area (Å²) in [6.07, 6.45) is 0.570. The van der Waals surface area contributed by atoms with Gasteiger partial charge in [0.25, 0.3) is 5.91 Å². The lowest BCUT2D eigenvalue weighted by Crippen LogP contribution is -2.31. The average Bonchev–Trinajstić information content (AvgIpc) is 3.27. The van der Waals surface area contributed by atoms with Gasteiger partial charge in [-0.15, -0.1) is 11.8 Å². The number of nitrogens with one attached hydrogen (secondary N) is 2. The second-order valence-electron chi connectivity index (χ2n) is 7.99. The standard InChI is InChI=1S/C25H28N4O4S/c1-16(2)29-22(13-14-26-29)28-24(31)18(4)33-25(32)20-7-5-6-8-21(20)34-15-23(30)27-19-11-9-17(3)10-12-19/h5-14,16,18H,15H2,1-4H3,(H,27,30)(H,28,31). The van der Waals surface area contributed by atoms with Crippen molar-refractivity contribution in [2.24, 2.45) is 0 Å². The number of carbonyl (C=O) groups excluding carboxylic acids is 3. The first-order valence-corrected chi connectivity index (χ1v) is 11.9. The van der Waals surface area contributed by atoms with Gasteiger partial charge in [0.2, 0.25) is 5.91 Å². The minimum atomic E-state index is -1.02. The summed E-state index contributed by atoms with van der Waals surface area (Å²) < 4.78 is 7.07. The van der Waals surface area contributed by atoms with Gasteiger partial charge in [0.1, 0.15) is 5.82 Å². The number of rotatable bonds is 9. The fraction of sp³-hybridized carbons (Fsp3) is 0.280. The zero-order valence-corrected chi connectivity index (χ0v) is 20.4. The summed E-state index contributed by atoms with van der Waals surface area (Å²) in [6, 6.07) is 16.1. The third-order valence-corrected chi connectivity index (χ3v) is 5.94. The van der Waals surface area contributed by atoms with Gasteiger partial charge >= 0.3 is 5.97 Å². The van der Waals surface area contributed by atoms with Crippen molar-refractivity contribution in [2.45, 2.75) is 44.7 Å². The van der Waals surface area contributed by atoms with E-state index in [1.165, 1.54) is 18.7 Å². The van der Waals surface area contributed by atoms with E-state index in [0.29, 0.717) is 22.0 Å². The van der Waals surface area contributed by atoms with Crippen LogP contribution in [0.25, 0.3) is 0 Å². The van der Waals surface area contributed by atoms with Crippen molar-refractivity contribution in [3.8, 4) is 0 Å². The van der Waals surface area contributed by atoms with Crippen LogP contribution in [-0.2, 0) is 14.3 Å². The maximum absolute atomic E-state index is 12.8. The van der Waals surface area contributed by atoms with Crippen LogP contribution in [0.3, 0.4) is 0 Å². The van der Waals surface area contributed by atoms with E-state index in [1.54, 1.807) is 41.2 Å². The third-order valence-electron chi connectivity index (χ3n) is 4.86. The van der Waals surface area contributed by atoms with Crippen LogP contribution in [0.4, 0.5) is 11.5 Å². The highest BCUT2D eigenvalue weighted by molar-refractivity contribution is 8.00. The van der Waals surface area contributed by atoms with Gasteiger partial charge in [0.15, 0.2) is 6.10 Å². The molecule has 0 aliphatic carbocycles. The lowest BCUT2D eigenvalue weighted by Gasteiger charge is -2.16. The van der Waals surface area contributed by atoms with Crippen LogP contribution in [-0.4, -0.2) is 39.4 Å². The summed E-state index contributed by atoms with van der Waals surface area (Å²) in [4.78, 5) is 38.3. The van der Waals surface area contributed by atoms with E-state index in [0.717, 1.165) is 5.56 Å². The molecule has 0 spiro atoms. The van der Waals surface area contributed by atoms with Crippen molar-refractivity contribution in [2.75, 3.05) is 16.4 Å². The van der Waals surface area contributed by atoms with Gasteiger partial charge in [-0.1, -0.05) is 29.8 Å². The van der Waals surface area contributed by atoms with Crippen LogP contribution < -0.4 is 10.6 Å². The number of carbonyl (C=O) groups is 3. The number of anilines is 2. The summed E-state index contributed by atoms with van der Waals surface area (Å²) in [7, 11) is 0. The van der Waals surface area contributed by atoms with Crippen LogP contribution in [0.15, 0.2) is 65.7 Å². The number of ether oxygens (including phenoxy) is 1. The van der Waals surface area contributed by atoms with Crippen LogP contribution in [0.1, 0.15) is 42.7 Å². The Morgan fingerprint density at radius 3 is 2.41 bits per heavy atom. The Labute approximate surface area is 203 Å². The van der Waals surface area contributed by atoms with E-state index in [-0.39, 0.29) is 17.7 Å². The fourth-order valence-electron chi connectivity index (χ4n) is 3.07. The molecule has 1 atom stereocenters. The molecule has 1 aromatic heterocycles. The minimum Gasteiger partial charge on any atom is -0.449 e. The number of hydrogen-bond acceptors (Lipinski definition) is 6. The predicted octanol–water partition coefficient (Wildman–Crippen LogP) is 4.69. The van der Waals surface area contributed by atoms with Gasteiger partial charge in [-0.05, 0) is 52.0 Å². The molecule has 2 amide bonds. The molecule has 1 heterocycles. The lowest BCUT2D eigenvalue weighted by atomic mass is 10.2. The van der Waals surface area contributed by atoms with Gasteiger partial charge in [-0.3, -0.25) is 9.59 Å². The quantitative estimate of drug-likeness (QED) is 0.340. The molecule has 0 radical (unpaired) electrons. The van der Waals surface area contributed by atoms with E-state index < -0.39 is 18.0 Å². The molecule has 1 unspecified atom stereocenters. The van der Waals surface area contributed by atoms with E-state index in [9.17, 15) is 14.4 Å². The summed E-state index contributed by atoms with van der Waals surface area (Å²) in [5.41, 5.74) is 2.11. The van der Waals surface area contributed by atoms with Gasteiger partial charge in [0, 0.05) is 22.7 Å². The summed E-state index contributed by atoms with van der Waals surface area (Å²) >= 11 is 1.23. The van der Waals surface area contributed by atoms with Crippen molar-refractivity contribution in [3.05, 3.63) is 71.9 Å². The molecular weight excluding hydrogens is 452 g/mol. The minimum absolute atomic E-state index is 0.0651. The Kier molecular flexibility index (Phi) is 8.48.